The Morgan fingerprint density at radius 2 is 2.33 bits per heavy atom. The second-order valence-electron chi connectivity index (χ2n) is 4.98. The standard InChI is InChI=1S/C13H16FN3O4/c1-7-8(2-3-21-7)6-16-13(18)9-4-11(15)10(14)5-12(9)17(19)20/h4-5,7-8H,2-3,6,15H2,1H3,(H,16,18). The van der Waals surface area contributed by atoms with E-state index in [-0.39, 0.29) is 23.3 Å². The Bertz CT molecular complexity index is 579. The maximum Gasteiger partial charge on any atom is 0.285 e. The lowest BCUT2D eigenvalue weighted by Crippen LogP contribution is -2.32. The van der Waals surface area contributed by atoms with Gasteiger partial charge in [-0.3, -0.25) is 14.9 Å². The molecule has 0 spiro atoms. The Hall–Kier alpha value is -2.22. The number of carbonyl (C=O) groups is 1. The van der Waals surface area contributed by atoms with Crippen molar-refractivity contribution in [1.82, 2.24) is 5.32 Å². The van der Waals surface area contributed by atoms with Crippen molar-refractivity contribution in [2.75, 3.05) is 18.9 Å². The summed E-state index contributed by atoms with van der Waals surface area (Å²) in [7, 11) is 0. The highest BCUT2D eigenvalue weighted by atomic mass is 19.1. The molecular weight excluding hydrogens is 281 g/mol. The van der Waals surface area contributed by atoms with E-state index < -0.39 is 22.3 Å². The van der Waals surface area contributed by atoms with Gasteiger partial charge in [-0.2, -0.15) is 0 Å². The number of nitro groups is 1. The van der Waals surface area contributed by atoms with E-state index in [1.807, 2.05) is 6.92 Å². The minimum Gasteiger partial charge on any atom is -0.396 e. The van der Waals surface area contributed by atoms with Crippen molar-refractivity contribution < 1.29 is 18.8 Å². The quantitative estimate of drug-likeness (QED) is 0.497. The number of nitrogens with zero attached hydrogens (tertiary/aromatic N) is 1. The molecule has 0 radical (unpaired) electrons. The van der Waals surface area contributed by atoms with Crippen LogP contribution in [0.5, 0.6) is 0 Å². The van der Waals surface area contributed by atoms with Crippen LogP contribution in [0.2, 0.25) is 0 Å². The normalized spacial score (nSPS) is 21.2. The van der Waals surface area contributed by atoms with Crippen molar-refractivity contribution in [3.63, 3.8) is 0 Å². The zero-order valence-electron chi connectivity index (χ0n) is 11.5. The van der Waals surface area contributed by atoms with Gasteiger partial charge in [0.05, 0.1) is 22.8 Å². The van der Waals surface area contributed by atoms with E-state index in [9.17, 15) is 19.3 Å². The van der Waals surface area contributed by atoms with Crippen LogP contribution in [-0.2, 0) is 4.74 Å². The van der Waals surface area contributed by atoms with Crippen LogP contribution in [0.3, 0.4) is 0 Å². The zero-order chi connectivity index (χ0) is 15.6. The molecule has 0 aromatic heterocycles. The van der Waals surface area contributed by atoms with Gasteiger partial charge in [0, 0.05) is 19.1 Å². The number of nitro benzene ring substituents is 1. The van der Waals surface area contributed by atoms with Crippen LogP contribution in [0.25, 0.3) is 0 Å². The number of anilines is 1. The minimum absolute atomic E-state index is 0.0265. The molecule has 1 aliphatic rings. The first kappa shape index (κ1) is 15.2. The van der Waals surface area contributed by atoms with Crippen LogP contribution in [0, 0.1) is 21.8 Å². The van der Waals surface area contributed by atoms with Crippen molar-refractivity contribution in [2.45, 2.75) is 19.4 Å². The maximum atomic E-state index is 13.3. The fourth-order valence-corrected chi connectivity index (χ4v) is 2.28. The number of nitrogens with two attached hydrogens (primary N) is 1. The number of amides is 1. The molecule has 2 unspecified atom stereocenters. The van der Waals surface area contributed by atoms with Gasteiger partial charge in [-0.15, -0.1) is 0 Å². The fraction of sp³-hybridized carbons (Fsp3) is 0.462. The predicted octanol–water partition coefficient (Wildman–Crippen LogP) is 1.47. The van der Waals surface area contributed by atoms with Crippen molar-refractivity contribution in [3.8, 4) is 0 Å². The Morgan fingerprint density at radius 1 is 1.62 bits per heavy atom. The molecule has 0 bridgehead atoms. The minimum atomic E-state index is -0.920. The number of carbonyl (C=O) groups excluding carboxylic acids is 1. The summed E-state index contributed by atoms with van der Waals surface area (Å²) in [6.07, 6.45) is 0.841. The highest BCUT2D eigenvalue weighted by Gasteiger charge is 2.27. The topological polar surface area (TPSA) is 107 Å². The van der Waals surface area contributed by atoms with E-state index in [0.29, 0.717) is 19.2 Å². The number of ether oxygens (including phenoxy) is 1. The first-order chi connectivity index (χ1) is 9.90. The van der Waals surface area contributed by atoms with E-state index in [1.54, 1.807) is 0 Å². The SMILES string of the molecule is CC1OCCC1CNC(=O)c1cc(N)c(F)cc1[N+](=O)[O-]. The molecule has 1 saturated heterocycles. The molecule has 8 heteroatoms. The molecule has 0 aliphatic carbocycles. The molecule has 1 amide bonds. The van der Waals surface area contributed by atoms with Gasteiger partial charge in [-0.1, -0.05) is 0 Å². The summed E-state index contributed by atoms with van der Waals surface area (Å²) in [6, 6.07) is 1.64. The first-order valence-corrected chi connectivity index (χ1v) is 6.53. The molecule has 114 valence electrons. The Kier molecular flexibility index (Phi) is 4.37. The van der Waals surface area contributed by atoms with Crippen LogP contribution < -0.4 is 11.1 Å². The highest BCUT2D eigenvalue weighted by molar-refractivity contribution is 5.99. The molecule has 2 rings (SSSR count). The van der Waals surface area contributed by atoms with Gasteiger partial charge in [-0.25, -0.2) is 4.39 Å². The molecule has 21 heavy (non-hydrogen) atoms. The Morgan fingerprint density at radius 3 is 2.90 bits per heavy atom. The van der Waals surface area contributed by atoms with Crippen molar-refractivity contribution >= 4 is 17.3 Å². The van der Waals surface area contributed by atoms with E-state index in [2.05, 4.69) is 5.32 Å². The smallest absolute Gasteiger partial charge is 0.285 e. The first-order valence-electron chi connectivity index (χ1n) is 6.53. The summed E-state index contributed by atoms with van der Waals surface area (Å²) >= 11 is 0. The zero-order valence-corrected chi connectivity index (χ0v) is 11.5. The summed E-state index contributed by atoms with van der Waals surface area (Å²) in [6.45, 7) is 2.88. The largest absolute Gasteiger partial charge is 0.396 e. The van der Waals surface area contributed by atoms with E-state index >= 15 is 0 Å². The summed E-state index contributed by atoms with van der Waals surface area (Å²) < 4.78 is 18.7. The Labute approximate surface area is 120 Å². The third-order valence-corrected chi connectivity index (χ3v) is 3.61. The molecule has 1 fully saturated rings. The van der Waals surface area contributed by atoms with Gasteiger partial charge in [0.15, 0.2) is 5.82 Å². The van der Waals surface area contributed by atoms with Crippen LogP contribution in [0.4, 0.5) is 15.8 Å². The summed E-state index contributed by atoms with van der Waals surface area (Å²) in [4.78, 5) is 22.2. The lowest BCUT2D eigenvalue weighted by atomic mass is 10.0. The van der Waals surface area contributed by atoms with Crippen LogP contribution in [0.15, 0.2) is 12.1 Å². The van der Waals surface area contributed by atoms with Gasteiger partial charge in [0.25, 0.3) is 11.6 Å². The molecule has 3 N–H and O–H groups in total. The number of nitrogens with one attached hydrogen (secondary N) is 1. The molecule has 1 aromatic carbocycles. The fourth-order valence-electron chi connectivity index (χ4n) is 2.28. The molecule has 2 atom stereocenters. The van der Waals surface area contributed by atoms with E-state index in [1.165, 1.54) is 0 Å². The maximum absolute atomic E-state index is 13.3. The van der Waals surface area contributed by atoms with Crippen LogP contribution >= 0.6 is 0 Å². The predicted molar refractivity (Wildman–Crippen MR) is 73.3 cm³/mol. The number of hydrogen-bond acceptors (Lipinski definition) is 5. The highest BCUT2D eigenvalue weighted by Crippen LogP contribution is 2.25. The average molecular weight is 297 g/mol. The molecule has 1 aliphatic heterocycles. The lowest BCUT2D eigenvalue weighted by molar-refractivity contribution is -0.385. The second kappa shape index (κ2) is 6.04. The molecular formula is C13H16FN3O4. The van der Waals surface area contributed by atoms with E-state index in [4.69, 9.17) is 10.5 Å². The molecule has 0 saturated carbocycles. The van der Waals surface area contributed by atoms with Gasteiger partial charge < -0.3 is 15.8 Å². The molecule has 1 heterocycles. The van der Waals surface area contributed by atoms with Gasteiger partial charge in [0.2, 0.25) is 0 Å². The van der Waals surface area contributed by atoms with Crippen LogP contribution in [0.1, 0.15) is 23.7 Å². The summed E-state index contributed by atoms with van der Waals surface area (Å²) in [5.41, 5.74) is 4.22. The second-order valence-corrected chi connectivity index (χ2v) is 4.98. The number of rotatable bonds is 4. The van der Waals surface area contributed by atoms with Gasteiger partial charge in [-0.05, 0) is 19.4 Å². The van der Waals surface area contributed by atoms with Crippen molar-refractivity contribution in [3.05, 3.63) is 33.6 Å². The third kappa shape index (κ3) is 3.27. The molecule has 1 aromatic rings. The van der Waals surface area contributed by atoms with Crippen LogP contribution in [-0.4, -0.2) is 30.1 Å². The summed E-state index contributed by atoms with van der Waals surface area (Å²) in [5, 5.41) is 13.5. The van der Waals surface area contributed by atoms with Crippen molar-refractivity contribution in [1.29, 1.82) is 0 Å². The number of hydrogen-bond donors (Lipinski definition) is 2. The summed E-state index contributed by atoms with van der Waals surface area (Å²) in [5.74, 6) is -1.41. The lowest BCUT2D eigenvalue weighted by Gasteiger charge is -2.14. The Balaban J connectivity index is 2.14. The van der Waals surface area contributed by atoms with E-state index in [0.717, 1.165) is 12.5 Å². The molecule has 7 nitrogen and oxygen atoms in total. The number of benzene rings is 1. The number of nitrogen functional groups attached to an aromatic ring is 1. The van der Waals surface area contributed by atoms with Crippen molar-refractivity contribution in [2.24, 2.45) is 5.92 Å². The number of halogens is 1. The average Bonchev–Trinajstić information content (AvgIpc) is 2.84. The third-order valence-electron chi connectivity index (χ3n) is 3.61. The van der Waals surface area contributed by atoms with Gasteiger partial charge in [0.1, 0.15) is 5.56 Å². The monoisotopic (exact) mass is 297 g/mol. The van der Waals surface area contributed by atoms with Gasteiger partial charge >= 0.3 is 0 Å².